The van der Waals surface area contributed by atoms with E-state index >= 15 is 0 Å². The predicted octanol–water partition coefficient (Wildman–Crippen LogP) is 3.21. The minimum Gasteiger partial charge on any atom is -0.313 e. The molecular weight excluding hydrogens is 232 g/mol. The molecule has 0 saturated carbocycles. The zero-order valence-corrected chi connectivity index (χ0v) is 12.5. The van der Waals surface area contributed by atoms with E-state index in [9.17, 15) is 0 Å². The third kappa shape index (κ3) is 4.32. The van der Waals surface area contributed by atoms with Crippen molar-refractivity contribution in [2.75, 3.05) is 19.6 Å². The average Bonchev–Trinajstić information content (AvgIpc) is 2.48. The summed E-state index contributed by atoms with van der Waals surface area (Å²) in [6.07, 6.45) is 5.21. The summed E-state index contributed by atoms with van der Waals surface area (Å²) in [5.41, 5.74) is 3.00. The van der Waals surface area contributed by atoms with E-state index in [-0.39, 0.29) is 0 Å². The van der Waals surface area contributed by atoms with Gasteiger partial charge in [0, 0.05) is 19.1 Å². The molecule has 2 nitrogen and oxygen atoms in total. The molecule has 1 saturated heterocycles. The summed E-state index contributed by atoms with van der Waals surface area (Å²) in [5.74, 6) is 0. The molecule has 1 heterocycles. The molecule has 1 N–H and O–H groups in total. The summed E-state index contributed by atoms with van der Waals surface area (Å²) < 4.78 is 0. The van der Waals surface area contributed by atoms with Crippen molar-refractivity contribution in [1.29, 1.82) is 0 Å². The molecule has 1 aromatic rings. The molecule has 0 amide bonds. The van der Waals surface area contributed by atoms with Gasteiger partial charge in [0.15, 0.2) is 0 Å². The maximum absolute atomic E-state index is 3.66. The first-order valence-electron chi connectivity index (χ1n) is 7.86. The maximum Gasteiger partial charge on any atom is 0.0237 e. The number of hydrogen-bond donors (Lipinski definition) is 1. The van der Waals surface area contributed by atoms with Crippen molar-refractivity contribution in [3.8, 4) is 0 Å². The Kier molecular flexibility index (Phi) is 5.87. The number of rotatable bonds is 6. The van der Waals surface area contributed by atoms with Gasteiger partial charge in [0.25, 0.3) is 0 Å². The van der Waals surface area contributed by atoms with E-state index in [2.05, 4.69) is 48.3 Å². The van der Waals surface area contributed by atoms with Crippen LogP contribution in [0.1, 0.15) is 44.2 Å². The zero-order valence-electron chi connectivity index (χ0n) is 12.5. The Morgan fingerprint density at radius 3 is 2.58 bits per heavy atom. The molecule has 0 aliphatic carbocycles. The normalized spacial score (nSPS) is 19.8. The summed E-state index contributed by atoms with van der Waals surface area (Å²) in [6, 6.07) is 9.57. The lowest BCUT2D eigenvalue weighted by atomic mass is 10.0. The molecule has 1 unspecified atom stereocenters. The number of hydrogen-bond acceptors (Lipinski definition) is 2. The first-order valence-corrected chi connectivity index (χ1v) is 7.86. The van der Waals surface area contributed by atoms with Crippen LogP contribution in [0.5, 0.6) is 0 Å². The van der Waals surface area contributed by atoms with Gasteiger partial charge in [-0.1, -0.05) is 44.5 Å². The van der Waals surface area contributed by atoms with Gasteiger partial charge in [0.2, 0.25) is 0 Å². The second-order valence-corrected chi connectivity index (χ2v) is 5.60. The van der Waals surface area contributed by atoms with Gasteiger partial charge in [-0.05, 0) is 43.5 Å². The van der Waals surface area contributed by atoms with Crippen molar-refractivity contribution in [3.05, 3.63) is 35.4 Å². The van der Waals surface area contributed by atoms with E-state index in [0.29, 0.717) is 6.04 Å². The third-order valence-corrected chi connectivity index (χ3v) is 4.23. The van der Waals surface area contributed by atoms with E-state index in [1.807, 2.05) is 0 Å². The SMILES string of the molecule is CCc1ccccc1CN(CC)CC1CCCCN1. The zero-order chi connectivity index (χ0) is 13.5. The predicted molar refractivity (Wildman–Crippen MR) is 82.4 cm³/mol. The second kappa shape index (κ2) is 7.66. The van der Waals surface area contributed by atoms with Crippen LogP contribution in [0.15, 0.2) is 24.3 Å². The minimum absolute atomic E-state index is 0.697. The molecule has 0 aromatic heterocycles. The molecule has 0 bridgehead atoms. The van der Waals surface area contributed by atoms with Crippen LogP contribution in [0.3, 0.4) is 0 Å². The van der Waals surface area contributed by atoms with Gasteiger partial charge < -0.3 is 5.32 Å². The smallest absolute Gasteiger partial charge is 0.0237 e. The van der Waals surface area contributed by atoms with Gasteiger partial charge >= 0.3 is 0 Å². The van der Waals surface area contributed by atoms with E-state index in [1.165, 1.54) is 43.5 Å². The largest absolute Gasteiger partial charge is 0.313 e. The monoisotopic (exact) mass is 260 g/mol. The molecule has 106 valence electrons. The van der Waals surface area contributed by atoms with E-state index in [0.717, 1.165) is 19.5 Å². The molecule has 1 aromatic carbocycles. The number of piperidine rings is 1. The lowest BCUT2D eigenvalue weighted by molar-refractivity contribution is 0.226. The third-order valence-electron chi connectivity index (χ3n) is 4.23. The first kappa shape index (κ1) is 14.5. The van der Waals surface area contributed by atoms with Crippen molar-refractivity contribution < 1.29 is 0 Å². The molecule has 0 radical (unpaired) electrons. The standard InChI is InChI=1S/C17H28N2/c1-3-15-9-5-6-10-16(15)13-19(4-2)14-17-11-7-8-12-18-17/h5-6,9-10,17-18H,3-4,7-8,11-14H2,1-2H3. The van der Waals surface area contributed by atoms with Crippen LogP contribution >= 0.6 is 0 Å². The van der Waals surface area contributed by atoms with Crippen molar-refractivity contribution in [2.24, 2.45) is 0 Å². The first-order chi connectivity index (χ1) is 9.33. The Morgan fingerprint density at radius 1 is 1.16 bits per heavy atom. The highest BCUT2D eigenvalue weighted by Gasteiger charge is 2.16. The van der Waals surface area contributed by atoms with Crippen LogP contribution in [-0.2, 0) is 13.0 Å². The van der Waals surface area contributed by atoms with Crippen LogP contribution in [0.4, 0.5) is 0 Å². The van der Waals surface area contributed by atoms with Crippen molar-refractivity contribution in [2.45, 2.75) is 52.1 Å². The van der Waals surface area contributed by atoms with Crippen LogP contribution in [0.2, 0.25) is 0 Å². The van der Waals surface area contributed by atoms with E-state index in [4.69, 9.17) is 0 Å². The summed E-state index contributed by atoms with van der Waals surface area (Å²) in [5, 5.41) is 3.66. The Bertz CT molecular complexity index is 369. The topological polar surface area (TPSA) is 15.3 Å². The van der Waals surface area contributed by atoms with E-state index in [1.54, 1.807) is 0 Å². The van der Waals surface area contributed by atoms with Crippen LogP contribution in [-0.4, -0.2) is 30.6 Å². The Labute approximate surface area is 118 Å². The summed E-state index contributed by atoms with van der Waals surface area (Å²) in [7, 11) is 0. The summed E-state index contributed by atoms with van der Waals surface area (Å²) >= 11 is 0. The van der Waals surface area contributed by atoms with E-state index < -0.39 is 0 Å². The molecule has 2 rings (SSSR count). The molecule has 1 aliphatic heterocycles. The lowest BCUT2D eigenvalue weighted by Gasteiger charge is -2.30. The Balaban J connectivity index is 1.94. The lowest BCUT2D eigenvalue weighted by Crippen LogP contribution is -2.43. The maximum atomic E-state index is 3.66. The highest BCUT2D eigenvalue weighted by atomic mass is 15.1. The number of nitrogens with one attached hydrogen (secondary N) is 1. The number of benzene rings is 1. The molecule has 0 spiro atoms. The molecule has 19 heavy (non-hydrogen) atoms. The Hall–Kier alpha value is -0.860. The fourth-order valence-corrected chi connectivity index (χ4v) is 2.99. The number of aryl methyl sites for hydroxylation is 1. The highest BCUT2D eigenvalue weighted by Crippen LogP contribution is 2.14. The molecule has 1 atom stereocenters. The molecule has 1 fully saturated rings. The van der Waals surface area contributed by atoms with Gasteiger partial charge in [0.05, 0.1) is 0 Å². The number of nitrogens with zero attached hydrogens (tertiary/aromatic N) is 1. The van der Waals surface area contributed by atoms with Crippen LogP contribution in [0.25, 0.3) is 0 Å². The van der Waals surface area contributed by atoms with Crippen LogP contribution < -0.4 is 5.32 Å². The quantitative estimate of drug-likeness (QED) is 0.845. The second-order valence-electron chi connectivity index (χ2n) is 5.60. The van der Waals surface area contributed by atoms with Gasteiger partial charge in [0.1, 0.15) is 0 Å². The summed E-state index contributed by atoms with van der Waals surface area (Å²) in [6.45, 7) is 9.15. The fourth-order valence-electron chi connectivity index (χ4n) is 2.99. The summed E-state index contributed by atoms with van der Waals surface area (Å²) in [4.78, 5) is 2.58. The average molecular weight is 260 g/mol. The fraction of sp³-hybridized carbons (Fsp3) is 0.647. The number of likely N-dealkylation sites (N-methyl/N-ethyl adjacent to an activating group) is 1. The van der Waals surface area contributed by atoms with Crippen molar-refractivity contribution >= 4 is 0 Å². The highest BCUT2D eigenvalue weighted by molar-refractivity contribution is 5.26. The molecule has 1 aliphatic rings. The molecular formula is C17H28N2. The molecule has 2 heteroatoms. The van der Waals surface area contributed by atoms with Crippen molar-refractivity contribution in [1.82, 2.24) is 10.2 Å². The van der Waals surface area contributed by atoms with Gasteiger partial charge in [-0.3, -0.25) is 4.90 Å². The van der Waals surface area contributed by atoms with Gasteiger partial charge in [-0.25, -0.2) is 0 Å². The van der Waals surface area contributed by atoms with Crippen molar-refractivity contribution in [3.63, 3.8) is 0 Å². The van der Waals surface area contributed by atoms with Gasteiger partial charge in [-0.2, -0.15) is 0 Å². The Morgan fingerprint density at radius 2 is 1.95 bits per heavy atom. The van der Waals surface area contributed by atoms with Crippen LogP contribution in [0, 0.1) is 0 Å². The van der Waals surface area contributed by atoms with Gasteiger partial charge in [-0.15, -0.1) is 0 Å². The minimum atomic E-state index is 0.697.